The highest BCUT2D eigenvalue weighted by molar-refractivity contribution is 5.79. The fourth-order valence-corrected chi connectivity index (χ4v) is 3.63. The molecule has 2 aliphatic heterocycles. The van der Waals surface area contributed by atoms with E-state index in [1.54, 1.807) is 0 Å². The molecular formula is C18H26N4O3. The molecule has 7 heteroatoms. The van der Waals surface area contributed by atoms with Crippen molar-refractivity contribution in [3.8, 4) is 0 Å². The number of carbonyl (C=O) groups excluding carboxylic acids is 2. The van der Waals surface area contributed by atoms with E-state index in [0.717, 1.165) is 37.4 Å². The minimum Gasteiger partial charge on any atom is -0.381 e. The molecule has 1 N–H and O–H groups in total. The molecular weight excluding hydrogens is 320 g/mol. The Labute approximate surface area is 147 Å². The van der Waals surface area contributed by atoms with Gasteiger partial charge in [0.05, 0.1) is 18.8 Å². The fraction of sp³-hybridized carbons (Fsp3) is 0.722. The number of amides is 2. The summed E-state index contributed by atoms with van der Waals surface area (Å²) in [5.74, 6) is 1.95. The van der Waals surface area contributed by atoms with Crippen molar-refractivity contribution in [1.29, 1.82) is 0 Å². The van der Waals surface area contributed by atoms with Crippen molar-refractivity contribution in [3.63, 3.8) is 0 Å². The average Bonchev–Trinajstić information content (AvgIpc) is 3.35. The highest BCUT2D eigenvalue weighted by atomic mass is 16.5. The molecule has 7 nitrogen and oxygen atoms in total. The lowest BCUT2D eigenvalue weighted by atomic mass is 9.98. The Kier molecular flexibility index (Phi) is 4.74. The summed E-state index contributed by atoms with van der Waals surface area (Å²) in [7, 11) is 0. The molecule has 3 heterocycles. The van der Waals surface area contributed by atoms with E-state index in [1.807, 2.05) is 11.1 Å². The van der Waals surface area contributed by atoms with Gasteiger partial charge in [0.25, 0.3) is 0 Å². The lowest BCUT2D eigenvalue weighted by Gasteiger charge is -2.32. The second-order valence-electron chi connectivity index (χ2n) is 7.41. The maximum absolute atomic E-state index is 12.7. The average molecular weight is 346 g/mol. The van der Waals surface area contributed by atoms with Crippen LogP contribution in [0.3, 0.4) is 0 Å². The molecule has 3 aliphatic rings. The van der Waals surface area contributed by atoms with E-state index in [1.165, 1.54) is 12.8 Å². The van der Waals surface area contributed by atoms with Gasteiger partial charge in [-0.1, -0.05) is 0 Å². The topological polar surface area (TPSA) is 76.5 Å². The van der Waals surface area contributed by atoms with Crippen molar-refractivity contribution >= 4 is 11.8 Å². The van der Waals surface area contributed by atoms with Crippen LogP contribution >= 0.6 is 0 Å². The first-order chi connectivity index (χ1) is 12.2. The zero-order valence-corrected chi connectivity index (χ0v) is 14.6. The Bertz CT molecular complexity index is 647. The molecule has 136 valence electrons. The zero-order valence-electron chi connectivity index (χ0n) is 14.6. The van der Waals surface area contributed by atoms with E-state index in [-0.39, 0.29) is 17.7 Å². The summed E-state index contributed by atoms with van der Waals surface area (Å²) < 4.78 is 7.46. The molecule has 2 fully saturated rings. The highest BCUT2D eigenvalue weighted by Gasteiger charge is 2.29. The third kappa shape index (κ3) is 4.03. The summed E-state index contributed by atoms with van der Waals surface area (Å²) in [5, 5.41) is 2.96. The predicted molar refractivity (Wildman–Crippen MR) is 90.4 cm³/mol. The van der Waals surface area contributed by atoms with Gasteiger partial charge < -0.3 is 19.5 Å². The number of imidazole rings is 1. The lowest BCUT2D eigenvalue weighted by Crippen LogP contribution is -2.42. The van der Waals surface area contributed by atoms with E-state index in [2.05, 4.69) is 14.9 Å². The molecule has 1 saturated heterocycles. The Morgan fingerprint density at radius 1 is 1.20 bits per heavy atom. The molecule has 0 unspecified atom stereocenters. The monoisotopic (exact) mass is 346 g/mol. The summed E-state index contributed by atoms with van der Waals surface area (Å²) in [4.78, 5) is 31.0. The van der Waals surface area contributed by atoms with Crippen LogP contribution < -0.4 is 5.32 Å². The quantitative estimate of drug-likeness (QED) is 0.865. The molecule has 0 bridgehead atoms. The molecule has 4 rings (SSSR count). The van der Waals surface area contributed by atoms with Crippen molar-refractivity contribution in [1.82, 2.24) is 19.8 Å². The minimum absolute atomic E-state index is 0.0939. The van der Waals surface area contributed by atoms with Gasteiger partial charge in [-0.05, 0) is 31.6 Å². The predicted octanol–water partition coefficient (Wildman–Crippen LogP) is 1.07. The second kappa shape index (κ2) is 7.15. The largest absolute Gasteiger partial charge is 0.381 e. The number of fused-ring (bicyclic) bond motifs is 1. The van der Waals surface area contributed by atoms with Gasteiger partial charge in [-0.25, -0.2) is 4.98 Å². The Morgan fingerprint density at radius 3 is 2.76 bits per heavy atom. The zero-order chi connectivity index (χ0) is 17.2. The second-order valence-corrected chi connectivity index (χ2v) is 7.41. The standard InChI is InChI=1S/C18H26N4O3/c23-17(9-13-1-2-13)19-10-15-11-21-5-6-22(12-16(21)20-15)18(24)14-3-7-25-8-4-14/h11,13-14H,1-10,12H2,(H,19,23). The van der Waals surface area contributed by atoms with E-state index < -0.39 is 0 Å². The summed E-state index contributed by atoms with van der Waals surface area (Å²) in [5.41, 5.74) is 0.875. The Morgan fingerprint density at radius 2 is 2.00 bits per heavy atom. The number of carbonyl (C=O) groups is 2. The number of nitrogens with zero attached hydrogens (tertiary/aromatic N) is 3. The van der Waals surface area contributed by atoms with E-state index in [4.69, 9.17) is 4.74 Å². The third-order valence-corrected chi connectivity index (χ3v) is 5.37. The minimum atomic E-state index is 0.0939. The summed E-state index contributed by atoms with van der Waals surface area (Å²) >= 11 is 0. The van der Waals surface area contributed by atoms with Gasteiger partial charge in [0.1, 0.15) is 5.82 Å². The lowest BCUT2D eigenvalue weighted by molar-refractivity contribution is -0.140. The van der Waals surface area contributed by atoms with Crippen LogP contribution in [-0.2, 0) is 34.0 Å². The normalized spacial score (nSPS) is 21.0. The molecule has 0 radical (unpaired) electrons. The maximum atomic E-state index is 12.7. The van der Waals surface area contributed by atoms with Crippen molar-refractivity contribution in [3.05, 3.63) is 17.7 Å². The van der Waals surface area contributed by atoms with Crippen LogP contribution in [0.1, 0.15) is 43.6 Å². The number of hydrogen-bond acceptors (Lipinski definition) is 4. The SMILES string of the molecule is O=C(CC1CC1)NCc1cn2c(n1)CN(C(=O)C1CCOCC1)CC2. The number of rotatable bonds is 5. The van der Waals surface area contributed by atoms with Crippen LogP contribution in [0.5, 0.6) is 0 Å². The van der Waals surface area contributed by atoms with Gasteiger partial charge in [-0.3, -0.25) is 9.59 Å². The Hall–Kier alpha value is -1.89. The van der Waals surface area contributed by atoms with Gasteiger partial charge in [-0.2, -0.15) is 0 Å². The molecule has 0 spiro atoms. The summed E-state index contributed by atoms with van der Waals surface area (Å²) in [6.45, 7) is 3.90. The van der Waals surface area contributed by atoms with Gasteiger partial charge in [0, 0.05) is 44.8 Å². The van der Waals surface area contributed by atoms with Crippen LogP contribution in [-0.4, -0.2) is 46.0 Å². The Balaban J connectivity index is 1.32. The number of nitrogens with one attached hydrogen (secondary N) is 1. The van der Waals surface area contributed by atoms with Crippen LogP contribution in [0.2, 0.25) is 0 Å². The van der Waals surface area contributed by atoms with Gasteiger partial charge >= 0.3 is 0 Å². The van der Waals surface area contributed by atoms with E-state index >= 15 is 0 Å². The first-order valence-electron chi connectivity index (χ1n) is 9.37. The van der Waals surface area contributed by atoms with Crippen LogP contribution in [0.25, 0.3) is 0 Å². The number of hydrogen-bond donors (Lipinski definition) is 1. The van der Waals surface area contributed by atoms with E-state index in [0.29, 0.717) is 38.6 Å². The van der Waals surface area contributed by atoms with Gasteiger partial charge in [-0.15, -0.1) is 0 Å². The fourth-order valence-electron chi connectivity index (χ4n) is 3.63. The third-order valence-electron chi connectivity index (χ3n) is 5.37. The molecule has 1 aliphatic carbocycles. The maximum Gasteiger partial charge on any atom is 0.226 e. The van der Waals surface area contributed by atoms with Crippen molar-refractivity contribution in [2.45, 2.75) is 51.7 Å². The molecule has 0 atom stereocenters. The van der Waals surface area contributed by atoms with Crippen molar-refractivity contribution in [2.24, 2.45) is 11.8 Å². The smallest absolute Gasteiger partial charge is 0.226 e. The van der Waals surface area contributed by atoms with Crippen molar-refractivity contribution in [2.75, 3.05) is 19.8 Å². The van der Waals surface area contributed by atoms with Crippen LogP contribution in [0.15, 0.2) is 6.20 Å². The molecule has 2 amide bonds. The summed E-state index contributed by atoms with van der Waals surface area (Å²) in [6, 6.07) is 0. The summed E-state index contributed by atoms with van der Waals surface area (Å²) in [6.07, 6.45) is 6.65. The molecule has 1 aromatic rings. The first kappa shape index (κ1) is 16.6. The molecule has 0 aromatic carbocycles. The van der Waals surface area contributed by atoms with Crippen LogP contribution in [0, 0.1) is 11.8 Å². The highest BCUT2D eigenvalue weighted by Crippen LogP contribution is 2.32. The van der Waals surface area contributed by atoms with Gasteiger partial charge in [0.15, 0.2) is 0 Å². The van der Waals surface area contributed by atoms with Gasteiger partial charge in [0.2, 0.25) is 11.8 Å². The number of aromatic nitrogens is 2. The molecule has 1 saturated carbocycles. The van der Waals surface area contributed by atoms with E-state index in [9.17, 15) is 9.59 Å². The molecule has 1 aromatic heterocycles. The van der Waals surface area contributed by atoms with Crippen LogP contribution in [0.4, 0.5) is 0 Å². The molecule has 25 heavy (non-hydrogen) atoms. The first-order valence-corrected chi connectivity index (χ1v) is 9.37. The van der Waals surface area contributed by atoms with Crippen molar-refractivity contribution < 1.29 is 14.3 Å². The number of ether oxygens (including phenoxy) is 1.